The fraction of sp³-hybridized carbons (Fsp3) is 0.350. The maximum atomic E-state index is 12.8. The summed E-state index contributed by atoms with van der Waals surface area (Å²) >= 11 is 1.61. The van der Waals surface area contributed by atoms with Crippen LogP contribution in [0.1, 0.15) is 23.2 Å². The van der Waals surface area contributed by atoms with Crippen molar-refractivity contribution in [2.75, 3.05) is 31.8 Å². The number of sulfonamides is 1. The van der Waals surface area contributed by atoms with Crippen molar-refractivity contribution in [3.8, 4) is 0 Å². The lowest BCUT2D eigenvalue weighted by molar-refractivity contribution is 0.102. The molecule has 0 aromatic heterocycles. The Labute approximate surface area is 170 Å². The van der Waals surface area contributed by atoms with Crippen LogP contribution in [0, 0.1) is 0 Å². The molecule has 0 saturated carbocycles. The Balaban J connectivity index is 1.75. The minimum absolute atomic E-state index is 0.136. The van der Waals surface area contributed by atoms with Crippen LogP contribution >= 0.6 is 11.8 Å². The van der Waals surface area contributed by atoms with E-state index in [-0.39, 0.29) is 16.9 Å². The molecule has 2 aromatic rings. The van der Waals surface area contributed by atoms with Crippen molar-refractivity contribution in [1.29, 1.82) is 0 Å². The van der Waals surface area contributed by atoms with E-state index >= 15 is 0 Å². The lowest BCUT2D eigenvalue weighted by Gasteiger charge is -2.14. The van der Waals surface area contributed by atoms with Crippen molar-refractivity contribution in [3.63, 3.8) is 0 Å². The molecule has 1 amide bonds. The molecule has 8 heteroatoms. The predicted octanol–water partition coefficient (Wildman–Crippen LogP) is 3.46. The molecule has 1 aliphatic rings. The number of carbonyl (C=O) groups is 1. The maximum Gasteiger partial charge on any atom is 0.256 e. The number of benzene rings is 2. The first-order valence-corrected chi connectivity index (χ1v) is 11.5. The lowest BCUT2D eigenvalue weighted by Crippen LogP contribution is -2.22. The molecule has 28 heavy (non-hydrogen) atoms. The van der Waals surface area contributed by atoms with E-state index < -0.39 is 10.0 Å². The summed E-state index contributed by atoms with van der Waals surface area (Å²) in [5.74, 6) is 0.538. The number of thioether (sulfide) groups is 1. The number of carbonyl (C=O) groups excluding carboxylic acids is 1. The quantitative estimate of drug-likeness (QED) is 0.694. The van der Waals surface area contributed by atoms with Crippen LogP contribution < -0.4 is 5.32 Å². The highest BCUT2D eigenvalue weighted by Gasteiger charge is 2.20. The second kappa shape index (κ2) is 9.09. The number of ether oxygens (including phenoxy) is 1. The van der Waals surface area contributed by atoms with E-state index in [1.54, 1.807) is 30.0 Å². The van der Waals surface area contributed by atoms with Crippen LogP contribution in [0.3, 0.4) is 0 Å². The lowest BCUT2D eigenvalue weighted by atomic mass is 10.2. The summed E-state index contributed by atoms with van der Waals surface area (Å²) in [5.41, 5.74) is 0.998. The van der Waals surface area contributed by atoms with Crippen molar-refractivity contribution in [3.05, 3.63) is 54.1 Å². The third kappa shape index (κ3) is 4.94. The second-order valence-electron chi connectivity index (χ2n) is 6.71. The van der Waals surface area contributed by atoms with Gasteiger partial charge in [0.15, 0.2) is 0 Å². The van der Waals surface area contributed by atoms with E-state index in [1.165, 1.54) is 26.2 Å². The Kier molecular flexibility index (Phi) is 6.77. The standard InChI is InChI=1S/C20H24N2O4S2/c1-22(2)28(24,25)17-9-5-7-15(13-17)21-20(23)18-10-3-4-11-19(18)27-14-16-8-6-12-26-16/h3-5,7,9-11,13,16H,6,8,12,14H2,1-2H3,(H,21,23)/t16-/m1/s1. The largest absolute Gasteiger partial charge is 0.377 e. The number of hydrogen-bond acceptors (Lipinski definition) is 5. The van der Waals surface area contributed by atoms with Crippen molar-refractivity contribution in [2.24, 2.45) is 0 Å². The molecular weight excluding hydrogens is 396 g/mol. The Hall–Kier alpha value is -1.87. The van der Waals surface area contributed by atoms with E-state index in [0.29, 0.717) is 11.3 Å². The summed E-state index contributed by atoms with van der Waals surface area (Å²) in [6.07, 6.45) is 2.36. The molecule has 2 aromatic carbocycles. The first-order valence-electron chi connectivity index (χ1n) is 9.05. The van der Waals surface area contributed by atoms with Crippen LogP contribution in [0.4, 0.5) is 5.69 Å². The first kappa shape index (κ1) is 20.9. The molecule has 1 N–H and O–H groups in total. The van der Waals surface area contributed by atoms with E-state index in [1.807, 2.05) is 18.2 Å². The van der Waals surface area contributed by atoms with E-state index in [2.05, 4.69) is 5.32 Å². The van der Waals surface area contributed by atoms with Gasteiger partial charge in [-0.2, -0.15) is 0 Å². The predicted molar refractivity (Wildman–Crippen MR) is 111 cm³/mol. The zero-order chi connectivity index (χ0) is 20.1. The van der Waals surface area contributed by atoms with Crippen LogP contribution in [-0.4, -0.2) is 51.2 Å². The molecule has 0 radical (unpaired) electrons. The number of amides is 1. The molecule has 6 nitrogen and oxygen atoms in total. The first-order chi connectivity index (χ1) is 13.4. The zero-order valence-electron chi connectivity index (χ0n) is 15.9. The second-order valence-corrected chi connectivity index (χ2v) is 9.93. The van der Waals surface area contributed by atoms with Gasteiger partial charge >= 0.3 is 0 Å². The van der Waals surface area contributed by atoms with Crippen LogP contribution in [0.25, 0.3) is 0 Å². The van der Waals surface area contributed by atoms with Gasteiger partial charge in [0, 0.05) is 37.0 Å². The van der Waals surface area contributed by atoms with Crippen molar-refractivity contribution in [1.82, 2.24) is 4.31 Å². The Morgan fingerprint density at radius 2 is 2.00 bits per heavy atom. The van der Waals surface area contributed by atoms with Gasteiger partial charge in [-0.1, -0.05) is 18.2 Å². The number of hydrogen-bond donors (Lipinski definition) is 1. The normalized spacial score (nSPS) is 17.0. The van der Waals surface area contributed by atoms with Gasteiger partial charge in [0.05, 0.1) is 16.6 Å². The van der Waals surface area contributed by atoms with Crippen LogP contribution in [-0.2, 0) is 14.8 Å². The fourth-order valence-electron chi connectivity index (χ4n) is 2.88. The maximum absolute atomic E-state index is 12.8. The fourth-order valence-corrected chi connectivity index (χ4v) is 4.95. The molecule has 0 bridgehead atoms. The SMILES string of the molecule is CN(C)S(=O)(=O)c1cccc(NC(=O)c2ccccc2SC[C@H]2CCCO2)c1. The topological polar surface area (TPSA) is 75.7 Å². The summed E-state index contributed by atoms with van der Waals surface area (Å²) in [6, 6.07) is 13.7. The van der Waals surface area contributed by atoms with Gasteiger partial charge in [0.1, 0.15) is 0 Å². The van der Waals surface area contributed by atoms with Gasteiger partial charge in [0.2, 0.25) is 10.0 Å². The summed E-state index contributed by atoms with van der Waals surface area (Å²) in [5, 5.41) is 2.81. The smallest absolute Gasteiger partial charge is 0.256 e. The number of nitrogens with one attached hydrogen (secondary N) is 1. The Bertz CT molecular complexity index is 939. The molecular formula is C20H24N2O4S2. The Morgan fingerprint density at radius 1 is 1.21 bits per heavy atom. The van der Waals surface area contributed by atoms with Gasteiger partial charge < -0.3 is 10.1 Å². The highest BCUT2D eigenvalue weighted by molar-refractivity contribution is 7.99. The molecule has 1 atom stereocenters. The third-order valence-electron chi connectivity index (χ3n) is 4.45. The number of anilines is 1. The zero-order valence-corrected chi connectivity index (χ0v) is 17.6. The molecule has 0 spiro atoms. The highest BCUT2D eigenvalue weighted by atomic mass is 32.2. The number of rotatable bonds is 7. The van der Waals surface area contributed by atoms with E-state index in [4.69, 9.17) is 4.74 Å². The van der Waals surface area contributed by atoms with Crippen LogP contribution in [0.2, 0.25) is 0 Å². The average molecular weight is 421 g/mol. The minimum Gasteiger partial charge on any atom is -0.377 e. The highest BCUT2D eigenvalue weighted by Crippen LogP contribution is 2.27. The van der Waals surface area contributed by atoms with Gasteiger partial charge in [-0.05, 0) is 43.2 Å². The summed E-state index contributed by atoms with van der Waals surface area (Å²) in [6.45, 7) is 0.805. The molecule has 1 aliphatic heterocycles. The average Bonchev–Trinajstić information content (AvgIpc) is 3.20. The molecule has 1 heterocycles. The van der Waals surface area contributed by atoms with Crippen LogP contribution in [0.15, 0.2) is 58.3 Å². The molecule has 0 unspecified atom stereocenters. The van der Waals surface area contributed by atoms with Crippen LogP contribution in [0.5, 0.6) is 0 Å². The van der Waals surface area contributed by atoms with Gasteiger partial charge in [0.25, 0.3) is 5.91 Å². The molecule has 1 fully saturated rings. The summed E-state index contributed by atoms with van der Waals surface area (Å²) in [4.78, 5) is 13.8. The van der Waals surface area contributed by atoms with E-state index in [9.17, 15) is 13.2 Å². The van der Waals surface area contributed by atoms with Gasteiger partial charge in [-0.3, -0.25) is 4.79 Å². The minimum atomic E-state index is -3.56. The monoisotopic (exact) mass is 420 g/mol. The molecule has 3 rings (SSSR count). The Morgan fingerprint density at radius 3 is 2.71 bits per heavy atom. The van der Waals surface area contributed by atoms with Gasteiger partial charge in [-0.25, -0.2) is 12.7 Å². The van der Waals surface area contributed by atoms with Crippen molar-refractivity contribution in [2.45, 2.75) is 28.7 Å². The molecule has 1 saturated heterocycles. The van der Waals surface area contributed by atoms with Gasteiger partial charge in [-0.15, -0.1) is 11.8 Å². The molecule has 0 aliphatic carbocycles. The molecule has 150 valence electrons. The van der Waals surface area contributed by atoms with E-state index in [0.717, 1.165) is 34.4 Å². The third-order valence-corrected chi connectivity index (χ3v) is 7.47. The van der Waals surface area contributed by atoms with Crippen molar-refractivity contribution < 1.29 is 17.9 Å². The number of nitrogens with zero attached hydrogens (tertiary/aromatic N) is 1. The summed E-state index contributed by atoms with van der Waals surface area (Å²) < 4.78 is 31.4. The summed E-state index contributed by atoms with van der Waals surface area (Å²) in [7, 11) is -0.613. The van der Waals surface area contributed by atoms with Crippen molar-refractivity contribution >= 4 is 33.4 Å².